The Morgan fingerprint density at radius 1 is 1.62 bits per heavy atom. The predicted octanol–water partition coefficient (Wildman–Crippen LogP) is 2.98. The number of carboxylic acids is 1. The molecule has 0 spiro atoms. The Kier molecular flexibility index (Phi) is 4.59. The number of benzene rings is 1. The highest BCUT2D eigenvalue weighted by Gasteiger charge is 2.39. The summed E-state index contributed by atoms with van der Waals surface area (Å²) in [5, 5.41) is 18.6. The Labute approximate surface area is 123 Å². The fourth-order valence-electron chi connectivity index (χ4n) is 2.78. The predicted molar refractivity (Wildman–Crippen MR) is 74.4 cm³/mol. The minimum atomic E-state index is -0.955. The van der Waals surface area contributed by atoms with Gasteiger partial charge < -0.3 is 9.84 Å². The van der Waals surface area contributed by atoms with Gasteiger partial charge in [-0.3, -0.25) is 4.79 Å². The van der Waals surface area contributed by atoms with Gasteiger partial charge in [0.05, 0.1) is 18.6 Å². The van der Waals surface area contributed by atoms with Crippen LogP contribution in [0.2, 0.25) is 0 Å². The summed E-state index contributed by atoms with van der Waals surface area (Å²) in [4.78, 5) is 11.3. The molecule has 1 aliphatic rings. The van der Waals surface area contributed by atoms with Crippen LogP contribution >= 0.6 is 0 Å². The van der Waals surface area contributed by atoms with E-state index in [4.69, 9.17) is 4.74 Å². The summed E-state index contributed by atoms with van der Waals surface area (Å²) < 4.78 is 19.6. The number of carbonyl (C=O) groups is 1. The molecule has 1 heterocycles. The van der Waals surface area contributed by atoms with Crippen molar-refractivity contribution in [1.29, 1.82) is 5.26 Å². The largest absolute Gasteiger partial charge is 0.481 e. The average Bonchev–Trinajstić information content (AvgIpc) is 2.94. The molecule has 1 fully saturated rings. The number of halogens is 1. The quantitative estimate of drug-likeness (QED) is 0.905. The average molecular weight is 291 g/mol. The third-order valence-electron chi connectivity index (χ3n) is 4.02. The Morgan fingerprint density at radius 3 is 2.86 bits per heavy atom. The van der Waals surface area contributed by atoms with E-state index in [0.29, 0.717) is 37.0 Å². The maximum absolute atomic E-state index is 14.4. The van der Waals surface area contributed by atoms with E-state index in [1.807, 2.05) is 6.92 Å². The van der Waals surface area contributed by atoms with Crippen molar-refractivity contribution in [2.24, 2.45) is 0 Å². The van der Waals surface area contributed by atoms with Gasteiger partial charge in [0.25, 0.3) is 0 Å². The van der Waals surface area contributed by atoms with Crippen molar-refractivity contribution in [3.63, 3.8) is 0 Å². The Bertz CT molecular complexity index is 573. The molecule has 1 aromatic rings. The van der Waals surface area contributed by atoms with Crippen molar-refractivity contribution >= 4 is 5.97 Å². The summed E-state index contributed by atoms with van der Waals surface area (Å²) in [6, 6.07) is 6.55. The highest BCUT2D eigenvalue weighted by molar-refractivity contribution is 5.76. The molecule has 1 aliphatic heterocycles. The van der Waals surface area contributed by atoms with E-state index >= 15 is 0 Å². The zero-order valence-electron chi connectivity index (χ0n) is 11.9. The summed E-state index contributed by atoms with van der Waals surface area (Å²) in [7, 11) is 0. The van der Waals surface area contributed by atoms with Gasteiger partial charge in [-0.15, -0.1) is 0 Å². The molecule has 2 rings (SSSR count). The lowest BCUT2D eigenvalue weighted by molar-refractivity contribution is -0.139. The van der Waals surface area contributed by atoms with Crippen molar-refractivity contribution < 1.29 is 19.0 Å². The molecule has 2 unspecified atom stereocenters. The molecule has 2 atom stereocenters. The number of rotatable bonds is 5. The molecule has 5 heteroatoms. The van der Waals surface area contributed by atoms with Crippen LogP contribution in [0.1, 0.15) is 43.2 Å². The first-order valence-corrected chi connectivity index (χ1v) is 7.06. The Hall–Kier alpha value is -1.93. The molecule has 0 aromatic heterocycles. The van der Waals surface area contributed by atoms with Crippen LogP contribution in [0.25, 0.3) is 0 Å². The normalized spacial score (nSPS) is 22.7. The van der Waals surface area contributed by atoms with Crippen LogP contribution in [-0.2, 0) is 14.9 Å². The second-order valence-corrected chi connectivity index (χ2v) is 5.42. The van der Waals surface area contributed by atoms with Gasteiger partial charge in [-0.05, 0) is 24.5 Å². The topological polar surface area (TPSA) is 70.3 Å². The third kappa shape index (κ3) is 2.91. The number of nitriles is 1. The van der Waals surface area contributed by atoms with Crippen LogP contribution in [0, 0.1) is 17.1 Å². The molecule has 1 N–H and O–H groups in total. The standard InChI is InChI=1S/C16H18FNO3/c1-2-3-12(15(19)20)11-4-5-13(14(17)8-11)16(9-18)6-7-21-10-16/h4-5,8,12H,2-3,6-7,10H2,1H3,(H,19,20). The molecule has 1 aromatic carbocycles. The lowest BCUT2D eigenvalue weighted by atomic mass is 9.80. The van der Waals surface area contributed by atoms with Gasteiger partial charge in [-0.1, -0.05) is 25.5 Å². The van der Waals surface area contributed by atoms with E-state index in [0.717, 1.165) is 0 Å². The van der Waals surface area contributed by atoms with Gasteiger partial charge >= 0.3 is 5.97 Å². The first kappa shape index (κ1) is 15.5. The van der Waals surface area contributed by atoms with E-state index in [1.54, 1.807) is 6.07 Å². The van der Waals surface area contributed by atoms with Gasteiger partial charge in [-0.2, -0.15) is 5.26 Å². The van der Waals surface area contributed by atoms with Gasteiger partial charge in [0, 0.05) is 12.2 Å². The van der Waals surface area contributed by atoms with E-state index in [2.05, 4.69) is 6.07 Å². The molecule has 0 amide bonds. The summed E-state index contributed by atoms with van der Waals surface area (Å²) in [5.41, 5.74) is -0.212. The number of ether oxygens (including phenoxy) is 1. The van der Waals surface area contributed by atoms with Crippen molar-refractivity contribution in [2.75, 3.05) is 13.2 Å². The van der Waals surface area contributed by atoms with Crippen molar-refractivity contribution in [2.45, 2.75) is 37.5 Å². The maximum atomic E-state index is 14.4. The van der Waals surface area contributed by atoms with Crippen LogP contribution in [0.5, 0.6) is 0 Å². The number of hydrogen-bond donors (Lipinski definition) is 1. The van der Waals surface area contributed by atoms with Crippen LogP contribution in [0.3, 0.4) is 0 Å². The van der Waals surface area contributed by atoms with Crippen LogP contribution in [-0.4, -0.2) is 24.3 Å². The zero-order chi connectivity index (χ0) is 15.5. The molecule has 0 saturated carbocycles. The second kappa shape index (κ2) is 6.23. The van der Waals surface area contributed by atoms with Gasteiger partial charge in [0.2, 0.25) is 0 Å². The molecule has 0 bridgehead atoms. The number of aliphatic carboxylic acids is 1. The maximum Gasteiger partial charge on any atom is 0.310 e. The Morgan fingerprint density at radius 2 is 2.38 bits per heavy atom. The Balaban J connectivity index is 2.37. The fourth-order valence-corrected chi connectivity index (χ4v) is 2.78. The third-order valence-corrected chi connectivity index (χ3v) is 4.02. The van der Waals surface area contributed by atoms with Crippen LogP contribution in [0.4, 0.5) is 4.39 Å². The summed E-state index contributed by atoms with van der Waals surface area (Å²) >= 11 is 0. The molecule has 0 aliphatic carbocycles. The van der Waals surface area contributed by atoms with Gasteiger partial charge in [-0.25, -0.2) is 4.39 Å². The van der Waals surface area contributed by atoms with Crippen LogP contribution in [0.15, 0.2) is 18.2 Å². The highest BCUT2D eigenvalue weighted by Crippen LogP contribution is 2.35. The number of hydrogen-bond acceptors (Lipinski definition) is 3. The zero-order valence-corrected chi connectivity index (χ0v) is 11.9. The van der Waals surface area contributed by atoms with Crippen molar-refractivity contribution in [3.8, 4) is 6.07 Å². The van der Waals surface area contributed by atoms with Gasteiger partial charge in [0.1, 0.15) is 11.2 Å². The molecular weight excluding hydrogens is 273 g/mol. The fraction of sp³-hybridized carbons (Fsp3) is 0.500. The SMILES string of the molecule is CCCC(C(=O)O)c1ccc(C2(C#N)CCOC2)c(F)c1. The van der Waals surface area contributed by atoms with Crippen LogP contribution < -0.4 is 0 Å². The summed E-state index contributed by atoms with van der Waals surface area (Å²) in [6.45, 7) is 2.50. The first-order valence-electron chi connectivity index (χ1n) is 7.06. The molecule has 1 saturated heterocycles. The highest BCUT2D eigenvalue weighted by atomic mass is 19.1. The molecule has 4 nitrogen and oxygen atoms in total. The second-order valence-electron chi connectivity index (χ2n) is 5.42. The smallest absolute Gasteiger partial charge is 0.310 e. The summed E-state index contributed by atoms with van der Waals surface area (Å²) in [5.74, 6) is -2.19. The van der Waals surface area contributed by atoms with E-state index in [-0.39, 0.29) is 6.61 Å². The van der Waals surface area contributed by atoms with Crippen molar-refractivity contribution in [1.82, 2.24) is 0 Å². The molecule has 112 valence electrons. The minimum Gasteiger partial charge on any atom is -0.481 e. The summed E-state index contributed by atoms with van der Waals surface area (Å²) in [6.07, 6.45) is 1.62. The first-order chi connectivity index (χ1) is 10.0. The number of nitrogens with zero attached hydrogens (tertiary/aromatic N) is 1. The minimum absolute atomic E-state index is 0.178. The monoisotopic (exact) mass is 291 g/mol. The van der Waals surface area contributed by atoms with E-state index in [9.17, 15) is 19.6 Å². The molecule has 21 heavy (non-hydrogen) atoms. The lowest BCUT2D eigenvalue weighted by Gasteiger charge is -2.21. The van der Waals surface area contributed by atoms with E-state index in [1.165, 1.54) is 12.1 Å². The molecule has 0 radical (unpaired) electrons. The van der Waals surface area contributed by atoms with Crippen molar-refractivity contribution in [3.05, 3.63) is 35.1 Å². The number of carboxylic acid groups (broad SMARTS) is 1. The lowest BCUT2D eigenvalue weighted by Crippen LogP contribution is -2.26. The van der Waals surface area contributed by atoms with Gasteiger partial charge in [0.15, 0.2) is 0 Å². The molecular formula is C16H18FNO3. The van der Waals surface area contributed by atoms with E-state index < -0.39 is 23.1 Å².